The van der Waals surface area contributed by atoms with Crippen LogP contribution < -0.4 is 15.4 Å². The van der Waals surface area contributed by atoms with E-state index in [4.69, 9.17) is 4.74 Å². The Kier molecular flexibility index (Phi) is 12.3. The minimum atomic E-state index is -0.00402. The number of methoxy groups -OCH3 is 1. The van der Waals surface area contributed by atoms with Crippen LogP contribution in [0.15, 0.2) is 64.5 Å². The summed E-state index contributed by atoms with van der Waals surface area (Å²) in [6.45, 7) is 3.60. The quantitative estimate of drug-likeness (QED) is 0.220. The first-order chi connectivity index (χ1) is 14.0. The molecular formula is C22H31IN4O2S. The zero-order chi connectivity index (χ0) is 21.1. The van der Waals surface area contributed by atoms with Crippen molar-refractivity contribution in [3.05, 3.63) is 60.2 Å². The number of hydrogen-bond acceptors (Lipinski definition) is 4. The van der Waals surface area contributed by atoms with Crippen LogP contribution in [0.5, 0.6) is 5.75 Å². The summed E-state index contributed by atoms with van der Waals surface area (Å²) in [5.41, 5.74) is 1.07. The molecule has 0 saturated heterocycles. The Morgan fingerprint density at radius 1 is 1.10 bits per heavy atom. The molecule has 0 fully saturated rings. The monoisotopic (exact) mass is 542 g/mol. The summed E-state index contributed by atoms with van der Waals surface area (Å²) >= 11 is 1.80. The Morgan fingerprint density at radius 2 is 1.77 bits per heavy atom. The zero-order valence-corrected chi connectivity index (χ0v) is 21.1. The van der Waals surface area contributed by atoms with Crippen molar-refractivity contribution in [3.63, 3.8) is 0 Å². The number of rotatable bonds is 9. The van der Waals surface area contributed by atoms with E-state index in [1.54, 1.807) is 37.9 Å². The van der Waals surface area contributed by atoms with Crippen LogP contribution in [0, 0.1) is 0 Å². The second-order valence-corrected chi connectivity index (χ2v) is 8.29. The molecular weight excluding hydrogens is 511 g/mol. The van der Waals surface area contributed by atoms with Gasteiger partial charge in [-0.3, -0.25) is 4.79 Å². The zero-order valence-electron chi connectivity index (χ0n) is 17.9. The van der Waals surface area contributed by atoms with E-state index in [-0.39, 0.29) is 36.4 Å². The summed E-state index contributed by atoms with van der Waals surface area (Å²) < 4.78 is 5.19. The van der Waals surface area contributed by atoms with E-state index in [0.29, 0.717) is 17.8 Å². The van der Waals surface area contributed by atoms with Gasteiger partial charge in [-0.1, -0.05) is 37.3 Å². The molecule has 164 valence electrons. The molecule has 1 atom stereocenters. The number of amides is 1. The molecule has 1 amide bonds. The molecule has 8 heteroatoms. The SMILES string of the molecule is COc1ccc(CN=C(NCC(=O)N(C)C)NCC(C)Sc2ccccc2)cc1.I. The number of ether oxygens (including phenoxy) is 1. The van der Waals surface area contributed by atoms with Gasteiger partial charge in [-0.15, -0.1) is 35.7 Å². The van der Waals surface area contributed by atoms with E-state index in [0.717, 1.165) is 17.9 Å². The summed E-state index contributed by atoms with van der Waals surface area (Å²) in [4.78, 5) is 19.4. The average Bonchev–Trinajstić information content (AvgIpc) is 2.74. The van der Waals surface area contributed by atoms with E-state index in [1.807, 2.05) is 42.5 Å². The van der Waals surface area contributed by atoms with Crippen LogP contribution in [0.2, 0.25) is 0 Å². The molecule has 0 saturated carbocycles. The largest absolute Gasteiger partial charge is 0.497 e. The highest BCUT2D eigenvalue weighted by Gasteiger charge is 2.09. The van der Waals surface area contributed by atoms with Crippen LogP contribution in [0.3, 0.4) is 0 Å². The predicted molar refractivity (Wildman–Crippen MR) is 136 cm³/mol. The Balaban J connectivity index is 0.00000450. The van der Waals surface area contributed by atoms with Gasteiger partial charge in [0.1, 0.15) is 5.75 Å². The Morgan fingerprint density at radius 3 is 2.37 bits per heavy atom. The maximum atomic E-state index is 11.9. The van der Waals surface area contributed by atoms with Gasteiger partial charge in [-0.25, -0.2) is 4.99 Å². The fraction of sp³-hybridized carbons (Fsp3) is 0.364. The maximum Gasteiger partial charge on any atom is 0.241 e. The van der Waals surface area contributed by atoms with Crippen molar-refractivity contribution in [1.29, 1.82) is 0 Å². The summed E-state index contributed by atoms with van der Waals surface area (Å²) in [5.74, 6) is 1.43. The number of nitrogens with zero attached hydrogens (tertiary/aromatic N) is 2. The van der Waals surface area contributed by atoms with Gasteiger partial charge in [0.25, 0.3) is 0 Å². The molecule has 2 aromatic rings. The Bertz CT molecular complexity index is 785. The smallest absolute Gasteiger partial charge is 0.241 e. The fourth-order valence-corrected chi connectivity index (χ4v) is 3.35. The van der Waals surface area contributed by atoms with Gasteiger partial charge in [0.2, 0.25) is 5.91 Å². The molecule has 30 heavy (non-hydrogen) atoms. The number of hydrogen-bond donors (Lipinski definition) is 2. The highest BCUT2D eigenvalue weighted by atomic mass is 127. The molecule has 0 aliphatic rings. The van der Waals surface area contributed by atoms with Crippen LogP contribution in [-0.2, 0) is 11.3 Å². The van der Waals surface area contributed by atoms with Crippen molar-refractivity contribution in [2.75, 3.05) is 34.3 Å². The molecule has 6 nitrogen and oxygen atoms in total. The van der Waals surface area contributed by atoms with Crippen molar-refractivity contribution in [2.24, 2.45) is 4.99 Å². The van der Waals surface area contributed by atoms with E-state index < -0.39 is 0 Å². The van der Waals surface area contributed by atoms with Crippen molar-refractivity contribution < 1.29 is 9.53 Å². The van der Waals surface area contributed by atoms with Gasteiger partial charge in [-0.05, 0) is 29.8 Å². The van der Waals surface area contributed by atoms with Gasteiger partial charge in [0.05, 0.1) is 20.2 Å². The van der Waals surface area contributed by atoms with Crippen LogP contribution in [0.1, 0.15) is 12.5 Å². The maximum absolute atomic E-state index is 11.9. The first-order valence-electron chi connectivity index (χ1n) is 9.55. The lowest BCUT2D eigenvalue weighted by atomic mass is 10.2. The second-order valence-electron chi connectivity index (χ2n) is 6.78. The number of thioether (sulfide) groups is 1. The first-order valence-corrected chi connectivity index (χ1v) is 10.4. The minimum absolute atomic E-state index is 0. The minimum Gasteiger partial charge on any atom is -0.497 e. The van der Waals surface area contributed by atoms with Crippen molar-refractivity contribution >= 4 is 47.6 Å². The van der Waals surface area contributed by atoms with Crippen LogP contribution in [0.4, 0.5) is 0 Å². The standard InChI is InChI=1S/C22H30N4O2S.HI/c1-17(29-20-8-6-5-7-9-20)14-23-22(25-16-21(27)26(2)3)24-15-18-10-12-19(28-4)13-11-18;/h5-13,17H,14-16H2,1-4H3,(H2,23,24,25);1H. The molecule has 2 rings (SSSR count). The number of aliphatic imine (C=N–C) groups is 1. The number of benzene rings is 2. The van der Waals surface area contributed by atoms with Crippen molar-refractivity contribution in [3.8, 4) is 5.75 Å². The number of carbonyl (C=O) groups is 1. The summed E-state index contributed by atoms with van der Waals surface area (Å²) in [7, 11) is 5.13. The summed E-state index contributed by atoms with van der Waals surface area (Å²) in [6.07, 6.45) is 0. The molecule has 2 aromatic carbocycles. The van der Waals surface area contributed by atoms with Crippen LogP contribution in [-0.4, -0.2) is 56.3 Å². The number of guanidine groups is 1. The predicted octanol–water partition coefficient (Wildman–Crippen LogP) is 3.62. The number of likely N-dealkylation sites (N-methyl/N-ethyl adjacent to an activating group) is 1. The van der Waals surface area contributed by atoms with Gasteiger partial charge in [0, 0.05) is 30.8 Å². The molecule has 0 radical (unpaired) electrons. The fourth-order valence-electron chi connectivity index (χ4n) is 2.41. The van der Waals surface area contributed by atoms with E-state index in [2.05, 4.69) is 34.7 Å². The molecule has 0 spiro atoms. The van der Waals surface area contributed by atoms with Gasteiger partial charge >= 0.3 is 0 Å². The van der Waals surface area contributed by atoms with Crippen LogP contribution in [0.25, 0.3) is 0 Å². The molecule has 0 bridgehead atoms. The summed E-state index contributed by atoms with van der Waals surface area (Å²) in [5, 5.41) is 6.82. The highest BCUT2D eigenvalue weighted by Crippen LogP contribution is 2.21. The van der Waals surface area contributed by atoms with Gasteiger partial charge in [-0.2, -0.15) is 0 Å². The average molecular weight is 542 g/mol. The third kappa shape index (κ3) is 9.71. The number of nitrogens with one attached hydrogen (secondary N) is 2. The Labute approximate surface area is 200 Å². The Hall–Kier alpha value is -1.94. The number of carbonyl (C=O) groups excluding carboxylic acids is 1. The molecule has 0 aromatic heterocycles. The summed E-state index contributed by atoms with van der Waals surface area (Å²) in [6, 6.07) is 18.1. The van der Waals surface area contributed by atoms with Crippen molar-refractivity contribution in [2.45, 2.75) is 23.6 Å². The normalized spacial score (nSPS) is 11.8. The highest BCUT2D eigenvalue weighted by molar-refractivity contribution is 14.0. The van der Waals surface area contributed by atoms with E-state index in [1.165, 1.54) is 4.90 Å². The lowest BCUT2D eigenvalue weighted by Crippen LogP contribution is -2.44. The molecule has 1 unspecified atom stereocenters. The van der Waals surface area contributed by atoms with Gasteiger partial charge in [0.15, 0.2) is 5.96 Å². The van der Waals surface area contributed by atoms with E-state index >= 15 is 0 Å². The second kappa shape index (κ2) is 14.1. The number of halogens is 1. The molecule has 0 heterocycles. The topological polar surface area (TPSA) is 66.0 Å². The van der Waals surface area contributed by atoms with Gasteiger partial charge < -0.3 is 20.3 Å². The molecule has 0 aliphatic carbocycles. The molecule has 0 aliphatic heterocycles. The molecule has 2 N–H and O–H groups in total. The third-order valence-corrected chi connectivity index (χ3v) is 5.24. The van der Waals surface area contributed by atoms with E-state index in [9.17, 15) is 4.79 Å². The lowest BCUT2D eigenvalue weighted by Gasteiger charge is -2.17. The van der Waals surface area contributed by atoms with Crippen LogP contribution >= 0.6 is 35.7 Å². The first kappa shape index (κ1) is 26.1. The third-order valence-electron chi connectivity index (χ3n) is 4.12. The van der Waals surface area contributed by atoms with Crippen molar-refractivity contribution in [1.82, 2.24) is 15.5 Å². The lowest BCUT2D eigenvalue weighted by molar-refractivity contribution is -0.127.